The number of hydrogen-bond donors (Lipinski definition) is 3. The van der Waals surface area contributed by atoms with Gasteiger partial charge in [-0.2, -0.15) is 0 Å². The Kier molecular flexibility index (Phi) is 4.54. The fourth-order valence-electron chi connectivity index (χ4n) is 2.73. The fourth-order valence-corrected chi connectivity index (χ4v) is 4.38. The van der Waals surface area contributed by atoms with Crippen molar-refractivity contribution in [3.05, 3.63) is 59.2 Å². The molecular formula is C17H17ClN2O3S. The second-order valence-corrected chi connectivity index (χ2v) is 7.55. The Morgan fingerprint density at radius 3 is 2.71 bits per heavy atom. The van der Waals surface area contributed by atoms with Gasteiger partial charge in [0.15, 0.2) is 5.75 Å². The SMILES string of the molecule is CCC(NS(=O)(=O)c1cccc(Cl)c1O)c1cccc2cc[nH]c12. The standard InChI is InChI=1S/C17H17ClN2O3S/c1-2-14(12-6-3-5-11-9-10-19-16(11)12)20-24(22,23)15-8-4-7-13(18)17(15)21/h3-10,14,19-21H,2H2,1H3. The molecule has 3 rings (SSSR count). The number of aromatic nitrogens is 1. The number of phenolic OH excluding ortho intramolecular Hbond substituents is 1. The predicted octanol–water partition coefficient (Wildman–Crippen LogP) is 3.96. The van der Waals surface area contributed by atoms with Gasteiger partial charge in [-0.05, 0) is 35.6 Å². The molecule has 0 radical (unpaired) electrons. The molecule has 2 aromatic carbocycles. The van der Waals surface area contributed by atoms with Crippen LogP contribution in [-0.4, -0.2) is 18.5 Å². The van der Waals surface area contributed by atoms with Crippen molar-refractivity contribution in [2.24, 2.45) is 0 Å². The maximum Gasteiger partial charge on any atom is 0.244 e. The van der Waals surface area contributed by atoms with Gasteiger partial charge >= 0.3 is 0 Å². The normalized spacial score (nSPS) is 13.2. The van der Waals surface area contributed by atoms with Crippen LogP contribution in [0.3, 0.4) is 0 Å². The number of H-pyrrole nitrogens is 1. The first-order valence-electron chi connectivity index (χ1n) is 7.50. The van der Waals surface area contributed by atoms with Crippen molar-refractivity contribution >= 4 is 32.5 Å². The number of rotatable bonds is 5. The minimum atomic E-state index is -3.92. The lowest BCUT2D eigenvalue weighted by Gasteiger charge is -2.19. The number of hydrogen-bond acceptors (Lipinski definition) is 3. The number of fused-ring (bicyclic) bond motifs is 1. The summed E-state index contributed by atoms with van der Waals surface area (Å²) in [6, 6.07) is 11.5. The minimum absolute atomic E-state index is 0.00241. The number of phenols is 1. The lowest BCUT2D eigenvalue weighted by atomic mass is 10.0. The van der Waals surface area contributed by atoms with Gasteiger partial charge in [-0.25, -0.2) is 13.1 Å². The lowest BCUT2D eigenvalue weighted by molar-refractivity contribution is 0.457. The van der Waals surface area contributed by atoms with Crippen molar-refractivity contribution in [3.63, 3.8) is 0 Å². The van der Waals surface area contributed by atoms with Gasteiger partial charge in [0.05, 0.1) is 10.5 Å². The molecule has 0 fully saturated rings. The van der Waals surface area contributed by atoms with E-state index in [2.05, 4.69) is 9.71 Å². The van der Waals surface area contributed by atoms with E-state index in [1.54, 1.807) is 0 Å². The summed E-state index contributed by atoms with van der Waals surface area (Å²) in [4.78, 5) is 2.91. The first kappa shape index (κ1) is 16.8. The molecule has 0 saturated carbocycles. The molecule has 5 nitrogen and oxygen atoms in total. The van der Waals surface area contributed by atoms with E-state index >= 15 is 0 Å². The third-order valence-electron chi connectivity index (χ3n) is 3.94. The minimum Gasteiger partial charge on any atom is -0.505 e. The molecule has 1 aromatic heterocycles. The summed E-state index contributed by atoms with van der Waals surface area (Å²) in [5, 5.41) is 11.0. The van der Waals surface area contributed by atoms with Crippen LogP contribution in [0.2, 0.25) is 5.02 Å². The monoisotopic (exact) mass is 364 g/mol. The van der Waals surface area contributed by atoms with Crippen molar-refractivity contribution in [2.75, 3.05) is 0 Å². The predicted molar refractivity (Wildman–Crippen MR) is 94.8 cm³/mol. The van der Waals surface area contributed by atoms with E-state index in [9.17, 15) is 13.5 Å². The average Bonchev–Trinajstić information content (AvgIpc) is 3.03. The largest absolute Gasteiger partial charge is 0.505 e. The molecule has 24 heavy (non-hydrogen) atoms. The Bertz CT molecular complexity index is 982. The van der Waals surface area contributed by atoms with Gasteiger partial charge in [-0.3, -0.25) is 0 Å². The molecule has 126 valence electrons. The summed E-state index contributed by atoms with van der Waals surface area (Å²) >= 11 is 5.82. The second-order valence-electron chi connectivity index (χ2n) is 5.46. The van der Waals surface area contributed by atoms with Crippen LogP contribution in [0.25, 0.3) is 10.9 Å². The van der Waals surface area contributed by atoms with Gasteiger partial charge in [0, 0.05) is 12.2 Å². The van der Waals surface area contributed by atoms with Crippen molar-refractivity contribution in [1.82, 2.24) is 9.71 Å². The molecule has 1 atom stereocenters. The highest BCUT2D eigenvalue weighted by atomic mass is 35.5. The molecule has 0 aliphatic heterocycles. The first-order chi connectivity index (χ1) is 11.4. The Labute approximate surface area is 145 Å². The van der Waals surface area contributed by atoms with E-state index in [1.165, 1.54) is 18.2 Å². The molecule has 3 N–H and O–H groups in total. The smallest absolute Gasteiger partial charge is 0.244 e. The van der Waals surface area contributed by atoms with Crippen LogP contribution in [-0.2, 0) is 10.0 Å². The zero-order chi connectivity index (χ0) is 17.3. The summed E-state index contributed by atoms with van der Waals surface area (Å²) in [7, 11) is -3.92. The molecule has 0 aliphatic rings. The van der Waals surface area contributed by atoms with E-state index < -0.39 is 21.8 Å². The Hall–Kier alpha value is -2.02. The van der Waals surface area contributed by atoms with Crippen molar-refractivity contribution in [2.45, 2.75) is 24.3 Å². The maximum absolute atomic E-state index is 12.7. The summed E-state index contributed by atoms with van der Waals surface area (Å²) < 4.78 is 28.0. The summed E-state index contributed by atoms with van der Waals surface area (Å²) in [5.41, 5.74) is 1.74. The number of halogens is 1. The molecule has 0 aliphatic carbocycles. The molecule has 0 bridgehead atoms. The number of benzene rings is 2. The second kappa shape index (κ2) is 6.47. The van der Waals surface area contributed by atoms with Gasteiger partial charge in [0.1, 0.15) is 4.90 Å². The first-order valence-corrected chi connectivity index (χ1v) is 9.36. The van der Waals surface area contributed by atoms with Crippen LogP contribution >= 0.6 is 11.6 Å². The van der Waals surface area contributed by atoms with Gasteiger partial charge in [0.2, 0.25) is 10.0 Å². The number of aromatic hydroxyl groups is 1. The third kappa shape index (κ3) is 3.00. The van der Waals surface area contributed by atoms with Gasteiger partial charge in [-0.15, -0.1) is 0 Å². The maximum atomic E-state index is 12.7. The van der Waals surface area contributed by atoms with Crippen molar-refractivity contribution in [3.8, 4) is 5.75 Å². The molecule has 0 saturated heterocycles. The zero-order valence-corrected chi connectivity index (χ0v) is 14.5. The van der Waals surface area contributed by atoms with Crippen molar-refractivity contribution < 1.29 is 13.5 Å². The topological polar surface area (TPSA) is 82.2 Å². The van der Waals surface area contributed by atoms with Crippen LogP contribution in [0.4, 0.5) is 0 Å². The highest BCUT2D eigenvalue weighted by molar-refractivity contribution is 7.89. The molecular weight excluding hydrogens is 348 g/mol. The highest BCUT2D eigenvalue weighted by Crippen LogP contribution is 2.32. The van der Waals surface area contributed by atoms with Gasteiger partial charge in [0.25, 0.3) is 0 Å². The fraction of sp³-hybridized carbons (Fsp3) is 0.176. The van der Waals surface area contributed by atoms with E-state index in [-0.39, 0.29) is 9.92 Å². The molecule has 3 aromatic rings. The quantitative estimate of drug-likeness (QED) is 0.641. The Balaban J connectivity index is 2.01. The van der Waals surface area contributed by atoms with E-state index in [0.29, 0.717) is 6.42 Å². The summed E-state index contributed by atoms with van der Waals surface area (Å²) in [5.74, 6) is -0.445. The van der Waals surface area contributed by atoms with E-state index in [1.807, 2.05) is 37.4 Å². The molecule has 1 heterocycles. The summed E-state index contributed by atoms with van der Waals surface area (Å²) in [6.45, 7) is 1.90. The van der Waals surface area contributed by atoms with Crippen LogP contribution in [0.1, 0.15) is 24.9 Å². The Morgan fingerprint density at radius 2 is 1.96 bits per heavy atom. The number of para-hydroxylation sites is 2. The van der Waals surface area contributed by atoms with Gasteiger partial charge < -0.3 is 10.1 Å². The third-order valence-corrected chi connectivity index (χ3v) is 5.75. The molecule has 0 amide bonds. The summed E-state index contributed by atoms with van der Waals surface area (Å²) in [6.07, 6.45) is 2.37. The number of sulfonamides is 1. The molecule has 7 heteroatoms. The van der Waals surface area contributed by atoms with Crippen LogP contribution in [0, 0.1) is 0 Å². The zero-order valence-electron chi connectivity index (χ0n) is 13.0. The van der Waals surface area contributed by atoms with Gasteiger partial charge in [-0.1, -0.05) is 42.8 Å². The number of nitrogens with one attached hydrogen (secondary N) is 2. The molecule has 1 unspecified atom stereocenters. The average molecular weight is 365 g/mol. The number of aromatic amines is 1. The van der Waals surface area contributed by atoms with E-state index in [0.717, 1.165) is 16.5 Å². The molecule has 0 spiro atoms. The lowest BCUT2D eigenvalue weighted by Crippen LogP contribution is -2.28. The van der Waals surface area contributed by atoms with Crippen LogP contribution in [0.5, 0.6) is 5.75 Å². The Morgan fingerprint density at radius 1 is 1.21 bits per heavy atom. The van der Waals surface area contributed by atoms with Crippen LogP contribution < -0.4 is 4.72 Å². The highest BCUT2D eigenvalue weighted by Gasteiger charge is 2.25. The van der Waals surface area contributed by atoms with Crippen LogP contribution in [0.15, 0.2) is 53.6 Å². The van der Waals surface area contributed by atoms with E-state index in [4.69, 9.17) is 11.6 Å². The van der Waals surface area contributed by atoms with Crippen molar-refractivity contribution in [1.29, 1.82) is 0 Å².